The number of sulfonamides is 1. The van der Waals surface area contributed by atoms with Crippen molar-refractivity contribution >= 4 is 15.7 Å². The largest absolute Gasteiger partial charge is 0.269 e. The summed E-state index contributed by atoms with van der Waals surface area (Å²) in [5, 5.41) is 8.94. The van der Waals surface area contributed by atoms with Crippen LogP contribution in [-0.2, 0) is 10.0 Å². The second kappa shape index (κ2) is 3.80. The quantitative estimate of drug-likeness (QED) is 0.739. The Morgan fingerprint density at radius 2 is 2.12 bits per heavy atom. The summed E-state index contributed by atoms with van der Waals surface area (Å²) in [6, 6.07) is 8.80. The van der Waals surface area contributed by atoms with Crippen LogP contribution in [0.3, 0.4) is 0 Å². The van der Waals surface area contributed by atoms with Gasteiger partial charge in [0.1, 0.15) is 6.07 Å². The van der Waals surface area contributed by atoms with Crippen molar-refractivity contribution in [3.63, 3.8) is 0 Å². The summed E-state index contributed by atoms with van der Waals surface area (Å²) in [6.45, 7) is 2.35. The smallest absolute Gasteiger partial charge is 0.235 e. The van der Waals surface area contributed by atoms with Gasteiger partial charge in [0.05, 0.1) is 17.0 Å². The normalized spacial score (nSPS) is 23.0. The van der Waals surface area contributed by atoms with E-state index < -0.39 is 10.0 Å². The highest BCUT2D eigenvalue weighted by atomic mass is 32.2. The van der Waals surface area contributed by atoms with Gasteiger partial charge in [0, 0.05) is 6.54 Å². The molecule has 4 nitrogen and oxygen atoms in total. The van der Waals surface area contributed by atoms with Crippen LogP contribution < -0.4 is 4.31 Å². The molecule has 5 heteroatoms. The van der Waals surface area contributed by atoms with Gasteiger partial charge in [0.25, 0.3) is 0 Å². The van der Waals surface area contributed by atoms with Gasteiger partial charge in [-0.15, -0.1) is 0 Å². The van der Waals surface area contributed by atoms with Crippen LogP contribution >= 0.6 is 0 Å². The maximum absolute atomic E-state index is 11.9. The Kier molecular flexibility index (Phi) is 2.60. The molecule has 1 atom stereocenters. The molecule has 0 amide bonds. The molecule has 0 aliphatic carbocycles. The van der Waals surface area contributed by atoms with Crippen molar-refractivity contribution in [2.75, 3.05) is 16.6 Å². The van der Waals surface area contributed by atoms with Gasteiger partial charge in [0.2, 0.25) is 10.0 Å². The number of benzene rings is 1. The predicted molar refractivity (Wildman–Crippen MR) is 61.5 cm³/mol. The third-order valence-electron chi connectivity index (χ3n) is 2.60. The Bertz CT molecular complexity index is 545. The number of para-hydroxylation sites is 1. The zero-order valence-electron chi connectivity index (χ0n) is 8.92. The Balaban J connectivity index is 2.50. The lowest BCUT2D eigenvalue weighted by molar-refractivity contribution is 0.598. The first-order valence-electron chi connectivity index (χ1n) is 5.04. The van der Waals surface area contributed by atoms with Crippen LogP contribution in [0.5, 0.6) is 0 Å². The van der Waals surface area contributed by atoms with E-state index in [2.05, 4.69) is 0 Å². The van der Waals surface area contributed by atoms with E-state index in [1.807, 2.05) is 13.0 Å². The summed E-state index contributed by atoms with van der Waals surface area (Å²) in [5.74, 6) is 0.268. The Morgan fingerprint density at radius 3 is 2.69 bits per heavy atom. The van der Waals surface area contributed by atoms with E-state index in [9.17, 15) is 8.42 Å². The maximum atomic E-state index is 11.9. The lowest BCUT2D eigenvalue weighted by atomic mass is 10.1. The number of nitriles is 1. The third-order valence-corrected chi connectivity index (χ3v) is 4.61. The van der Waals surface area contributed by atoms with Crippen LogP contribution in [-0.4, -0.2) is 20.7 Å². The van der Waals surface area contributed by atoms with Crippen molar-refractivity contribution < 1.29 is 8.42 Å². The van der Waals surface area contributed by atoms with Gasteiger partial charge in [0.15, 0.2) is 0 Å². The summed E-state index contributed by atoms with van der Waals surface area (Å²) in [6.07, 6.45) is 0. The molecular formula is C11H12N2O2S. The first-order valence-corrected chi connectivity index (χ1v) is 6.65. The number of hydrogen-bond donors (Lipinski definition) is 0. The zero-order valence-corrected chi connectivity index (χ0v) is 9.74. The van der Waals surface area contributed by atoms with Crippen molar-refractivity contribution in [3.05, 3.63) is 29.8 Å². The van der Waals surface area contributed by atoms with Crippen molar-refractivity contribution in [2.24, 2.45) is 5.92 Å². The first-order chi connectivity index (χ1) is 7.54. The predicted octanol–water partition coefficient (Wildman–Crippen LogP) is 1.34. The second-order valence-electron chi connectivity index (χ2n) is 4.04. The van der Waals surface area contributed by atoms with Crippen LogP contribution in [0.4, 0.5) is 5.69 Å². The molecule has 1 unspecified atom stereocenters. The van der Waals surface area contributed by atoms with Gasteiger partial charge in [-0.2, -0.15) is 5.26 Å². The lowest BCUT2D eigenvalue weighted by Crippen LogP contribution is -2.26. The van der Waals surface area contributed by atoms with E-state index in [1.54, 1.807) is 24.3 Å². The fraction of sp³-hybridized carbons (Fsp3) is 0.364. The molecule has 1 fully saturated rings. The van der Waals surface area contributed by atoms with Gasteiger partial charge in [-0.05, 0) is 18.1 Å². The van der Waals surface area contributed by atoms with Gasteiger partial charge in [-0.25, -0.2) is 8.42 Å². The fourth-order valence-electron chi connectivity index (χ4n) is 1.93. The van der Waals surface area contributed by atoms with Crippen molar-refractivity contribution in [1.82, 2.24) is 0 Å². The van der Waals surface area contributed by atoms with Crippen LogP contribution in [0, 0.1) is 17.2 Å². The van der Waals surface area contributed by atoms with Gasteiger partial charge in [-0.3, -0.25) is 4.31 Å². The first kappa shape index (κ1) is 11.0. The van der Waals surface area contributed by atoms with Gasteiger partial charge >= 0.3 is 0 Å². The molecule has 0 bridgehead atoms. The van der Waals surface area contributed by atoms with Crippen LogP contribution in [0.1, 0.15) is 12.5 Å². The Hall–Kier alpha value is -1.54. The van der Waals surface area contributed by atoms with Crippen LogP contribution in [0.15, 0.2) is 24.3 Å². The molecule has 1 aliphatic rings. The second-order valence-corrected chi connectivity index (χ2v) is 5.98. The highest BCUT2D eigenvalue weighted by Crippen LogP contribution is 2.29. The van der Waals surface area contributed by atoms with Crippen molar-refractivity contribution in [1.29, 1.82) is 5.26 Å². The van der Waals surface area contributed by atoms with E-state index in [0.29, 0.717) is 17.8 Å². The fourth-order valence-corrected chi connectivity index (χ4v) is 3.88. The van der Waals surface area contributed by atoms with Gasteiger partial charge < -0.3 is 0 Å². The maximum Gasteiger partial charge on any atom is 0.235 e. The lowest BCUT2D eigenvalue weighted by Gasteiger charge is -2.18. The van der Waals surface area contributed by atoms with Crippen LogP contribution in [0.25, 0.3) is 0 Å². The monoisotopic (exact) mass is 236 g/mol. The third kappa shape index (κ3) is 1.76. The average molecular weight is 236 g/mol. The minimum Gasteiger partial charge on any atom is -0.269 e. The average Bonchev–Trinajstić information content (AvgIpc) is 2.51. The van der Waals surface area contributed by atoms with Gasteiger partial charge in [-0.1, -0.05) is 19.1 Å². The highest BCUT2D eigenvalue weighted by Gasteiger charge is 2.34. The molecule has 0 N–H and O–H groups in total. The minimum atomic E-state index is -3.24. The number of anilines is 1. The minimum absolute atomic E-state index is 0.108. The summed E-state index contributed by atoms with van der Waals surface area (Å²) in [7, 11) is -3.24. The molecule has 0 spiro atoms. The molecule has 0 aromatic heterocycles. The molecule has 0 radical (unpaired) electrons. The summed E-state index contributed by atoms with van der Waals surface area (Å²) in [5.41, 5.74) is 0.898. The molecule has 84 valence electrons. The molecule has 1 aliphatic heterocycles. The molecule has 0 saturated carbocycles. The van der Waals surface area contributed by atoms with E-state index in [4.69, 9.17) is 5.26 Å². The Morgan fingerprint density at radius 1 is 1.44 bits per heavy atom. The Labute approximate surface area is 95.2 Å². The molecular weight excluding hydrogens is 224 g/mol. The number of nitrogens with zero attached hydrogens (tertiary/aromatic N) is 2. The summed E-state index contributed by atoms with van der Waals surface area (Å²) < 4.78 is 25.1. The number of rotatable bonds is 1. The molecule has 16 heavy (non-hydrogen) atoms. The van der Waals surface area contributed by atoms with Crippen LogP contribution in [0.2, 0.25) is 0 Å². The molecule has 1 heterocycles. The SMILES string of the molecule is CC1CN(c2ccccc2C#N)S(=O)(=O)C1. The summed E-state index contributed by atoms with van der Waals surface area (Å²) >= 11 is 0. The van der Waals surface area contributed by atoms with Crippen molar-refractivity contribution in [2.45, 2.75) is 6.92 Å². The van der Waals surface area contributed by atoms with E-state index >= 15 is 0 Å². The van der Waals surface area contributed by atoms with E-state index in [1.165, 1.54) is 4.31 Å². The summed E-state index contributed by atoms with van der Waals surface area (Å²) in [4.78, 5) is 0. The zero-order chi connectivity index (χ0) is 11.8. The van der Waals surface area contributed by atoms with E-state index in [-0.39, 0.29) is 11.7 Å². The van der Waals surface area contributed by atoms with E-state index in [0.717, 1.165) is 0 Å². The topological polar surface area (TPSA) is 61.2 Å². The number of hydrogen-bond acceptors (Lipinski definition) is 3. The molecule has 2 rings (SSSR count). The molecule has 1 aromatic carbocycles. The molecule has 1 saturated heterocycles. The standard InChI is InChI=1S/C11H12N2O2S/c1-9-7-13(16(14,15)8-9)11-5-3-2-4-10(11)6-12/h2-5,9H,7-8H2,1H3. The molecule has 1 aromatic rings. The highest BCUT2D eigenvalue weighted by molar-refractivity contribution is 7.93. The van der Waals surface area contributed by atoms with Crippen molar-refractivity contribution in [3.8, 4) is 6.07 Å².